The summed E-state index contributed by atoms with van der Waals surface area (Å²) >= 11 is 6.09. The van der Waals surface area contributed by atoms with Gasteiger partial charge in [-0.05, 0) is 17.9 Å². The summed E-state index contributed by atoms with van der Waals surface area (Å²) < 4.78 is 5.42. The van der Waals surface area contributed by atoms with E-state index in [-0.39, 0.29) is 5.91 Å². The summed E-state index contributed by atoms with van der Waals surface area (Å²) in [6.07, 6.45) is 1.04. The topological polar surface area (TPSA) is 38.3 Å². The van der Waals surface area contributed by atoms with Crippen molar-refractivity contribution in [3.63, 3.8) is 0 Å². The average molecular weight is 284 g/mol. The number of benzene rings is 1. The van der Waals surface area contributed by atoms with Crippen LogP contribution in [0.4, 0.5) is 0 Å². The lowest BCUT2D eigenvalue weighted by Crippen LogP contribution is -2.30. The Morgan fingerprint density at radius 1 is 1.26 bits per heavy atom. The third-order valence-electron chi connectivity index (χ3n) is 2.71. The highest BCUT2D eigenvalue weighted by atomic mass is 35.5. The lowest BCUT2D eigenvalue weighted by Gasteiger charge is -2.11. The fraction of sp³-hybridized carbons (Fsp3) is 0.533. The van der Waals surface area contributed by atoms with Crippen LogP contribution < -0.4 is 5.32 Å². The summed E-state index contributed by atoms with van der Waals surface area (Å²) in [5.74, 6) is 0.459. The first-order valence-electron chi connectivity index (χ1n) is 6.65. The Hall–Kier alpha value is -1.06. The van der Waals surface area contributed by atoms with Crippen molar-refractivity contribution in [1.82, 2.24) is 5.32 Å². The molecule has 1 N–H and O–H groups in total. The number of rotatable bonds is 8. The van der Waals surface area contributed by atoms with Gasteiger partial charge >= 0.3 is 0 Å². The molecule has 0 aliphatic carbocycles. The summed E-state index contributed by atoms with van der Waals surface area (Å²) in [6.45, 7) is 6.06. The van der Waals surface area contributed by atoms with Crippen LogP contribution in [0.1, 0.15) is 31.2 Å². The maximum absolute atomic E-state index is 11.8. The van der Waals surface area contributed by atoms with E-state index in [0.717, 1.165) is 18.6 Å². The molecule has 0 radical (unpaired) electrons. The van der Waals surface area contributed by atoms with Crippen LogP contribution in [0.3, 0.4) is 0 Å². The number of ether oxygens (including phenoxy) is 1. The molecule has 0 aliphatic heterocycles. The molecule has 106 valence electrons. The normalized spacial score (nSPS) is 12.4. The van der Waals surface area contributed by atoms with Gasteiger partial charge in [-0.15, -0.1) is 11.6 Å². The van der Waals surface area contributed by atoms with Crippen molar-refractivity contribution in [2.45, 2.75) is 25.6 Å². The zero-order chi connectivity index (χ0) is 14.1. The Morgan fingerprint density at radius 3 is 2.58 bits per heavy atom. The molecule has 1 aromatic carbocycles. The molecule has 0 saturated heterocycles. The van der Waals surface area contributed by atoms with Gasteiger partial charge in [-0.2, -0.15) is 0 Å². The first-order chi connectivity index (χ1) is 9.11. The lowest BCUT2D eigenvalue weighted by molar-refractivity contribution is -0.121. The van der Waals surface area contributed by atoms with Crippen LogP contribution in [0.5, 0.6) is 0 Å². The standard InChI is InChI=1S/C15H22ClNO2/c1-12(2)8-10-19-11-9-17-15(18)14(16)13-6-4-3-5-7-13/h3-7,12,14H,8-11H2,1-2H3,(H,17,18). The molecule has 1 unspecified atom stereocenters. The van der Waals surface area contributed by atoms with Gasteiger partial charge in [0.05, 0.1) is 6.61 Å². The minimum absolute atomic E-state index is 0.180. The Kier molecular flexibility index (Phi) is 7.53. The highest BCUT2D eigenvalue weighted by molar-refractivity contribution is 6.30. The molecule has 0 heterocycles. The number of halogens is 1. The molecule has 19 heavy (non-hydrogen) atoms. The number of hydrogen-bond donors (Lipinski definition) is 1. The number of nitrogens with one attached hydrogen (secondary N) is 1. The van der Waals surface area contributed by atoms with E-state index < -0.39 is 5.38 Å². The summed E-state index contributed by atoms with van der Waals surface area (Å²) in [5, 5.41) is 2.13. The molecular formula is C15H22ClNO2. The summed E-state index contributed by atoms with van der Waals surface area (Å²) in [7, 11) is 0. The van der Waals surface area contributed by atoms with Crippen molar-refractivity contribution >= 4 is 17.5 Å². The molecule has 1 atom stereocenters. The molecule has 0 bridgehead atoms. The minimum atomic E-state index is -0.642. The number of hydrogen-bond acceptors (Lipinski definition) is 2. The smallest absolute Gasteiger partial charge is 0.242 e. The SMILES string of the molecule is CC(C)CCOCCNC(=O)C(Cl)c1ccccc1. The first kappa shape index (κ1) is 16.0. The Labute approximate surface area is 120 Å². The van der Waals surface area contributed by atoms with Crippen LogP contribution in [0.2, 0.25) is 0 Å². The predicted molar refractivity (Wildman–Crippen MR) is 78.3 cm³/mol. The van der Waals surface area contributed by atoms with Crippen LogP contribution >= 0.6 is 11.6 Å². The van der Waals surface area contributed by atoms with E-state index in [9.17, 15) is 4.79 Å². The number of amides is 1. The maximum Gasteiger partial charge on any atom is 0.242 e. The fourth-order valence-electron chi connectivity index (χ4n) is 1.53. The van der Waals surface area contributed by atoms with Gasteiger partial charge in [-0.1, -0.05) is 44.2 Å². The van der Waals surface area contributed by atoms with Gasteiger partial charge in [0.25, 0.3) is 0 Å². The average Bonchev–Trinajstić information content (AvgIpc) is 2.42. The fourth-order valence-corrected chi connectivity index (χ4v) is 1.75. The van der Waals surface area contributed by atoms with Crippen LogP contribution in [0.25, 0.3) is 0 Å². The number of carbonyl (C=O) groups excluding carboxylic acids is 1. The molecule has 4 heteroatoms. The van der Waals surface area contributed by atoms with Crippen molar-refractivity contribution in [3.05, 3.63) is 35.9 Å². The van der Waals surface area contributed by atoms with Crippen LogP contribution in [-0.2, 0) is 9.53 Å². The molecule has 0 spiro atoms. The van der Waals surface area contributed by atoms with Crippen LogP contribution in [-0.4, -0.2) is 25.7 Å². The molecule has 1 amide bonds. The molecule has 0 aromatic heterocycles. The summed E-state index contributed by atoms with van der Waals surface area (Å²) in [6, 6.07) is 9.32. The Balaban J connectivity index is 2.17. The lowest BCUT2D eigenvalue weighted by atomic mass is 10.1. The Bertz CT molecular complexity index is 368. The van der Waals surface area contributed by atoms with E-state index in [2.05, 4.69) is 19.2 Å². The molecule has 3 nitrogen and oxygen atoms in total. The molecule has 0 aliphatic rings. The monoisotopic (exact) mass is 283 g/mol. The quantitative estimate of drug-likeness (QED) is 0.588. The zero-order valence-electron chi connectivity index (χ0n) is 11.6. The van der Waals surface area contributed by atoms with E-state index >= 15 is 0 Å². The van der Waals surface area contributed by atoms with Gasteiger partial charge < -0.3 is 10.1 Å². The van der Waals surface area contributed by atoms with Crippen molar-refractivity contribution in [3.8, 4) is 0 Å². The van der Waals surface area contributed by atoms with Gasteiger partial charge in [0.1, 0.15) is 5.38 Å². The molecule has 1 aromatic rings. The highest BCUT2D eigenvalue weighted by Crippen LogP contribution is 2.19. The van der Waals surface area contributed by atoms with Gasteiger partial charge in [-0.25, -0.2) is 0 Å². The molecular weight excluding hydrogens is 262 g/mol. The summed E-state index contributed by atoms with van der Waals surface area (Å²) in [4.78, 5) is 11.8. The molecule has 0 saturated carbocycles. The molecule has 0 fully saturated rings. The second-order valence-electron chi connectivity index (χ2n) is 4.86. The van der Waals surface area contributed by atoms with E-state index in [1.165, 1.54) is 0 Å². The van der Waals surface area contributed by atoms with Crippen LogP contribution in [0, 0.1) is 5.92 Å². The third kappa shape index (κ3) is 6.60. The van der Waals surface area contributed by atoms with Gasteiger partial charge in [0.2, 0.25) is 5.91 Å². The largest absolute Gasteiger partial charge is 0.380 e. The van der Waals surface area contributed by atoms with Gasteiger partial charge in [0.15, 0.2) is 0 Å². The molecule has 1 rings (SSSR count). The van der Waals surface area contributed by atoms with Crippen molar-refractivity contribution in [1.29, 1.82) is 0 Å². The number of alkyl halides is 1. The summed E-state index contributed by atoms with van der Waals surface area (Å²) in [5.41, 5.74) is 0.808. The van der Waals surface area contributed by atoms with E-state index in [1.54, 1.807) is 0 Å². The second kappa shape index (κ2) is 8.94. The minimum Gasteiger partial charge on any atom is -0.380 e. The number of carbonyl (C=O) groups is 1. The highest BCUT2D eigenvalue weighted by Gasteiger charge is 2.16. The van der Waals surface area contributed by atoms with Gasteiger partial charge in [-0.3, -0.25) is 4.79 Å². The van der Waals surface area contributed by atoms with E-state index in [4.69, 9.17) is 16.3 Å². The van der Waals surface area contributed by atoms with Gasteiger partial charge in [0, 0.05) is 13.2 Å². The predicted octanol–water partition coefficient (Wildman–Crippen LogP) is 3.15. The second-order valence-corrected chi connectivity index (χ2v) is 5.30. The Morgan fingerprint density at radius 2 is 1.95 bits per heavy atom. The van der Waals surface area contributed by atoms with Crippen molar-refractivity contribution < 1.29 is 9.53 Å². The maximum atomic E-state index is 11.8. The van der Waals surface area contributed by atoms with Crippen molar-refractivity contribution in [2.24, 2.45) is 5.92 Å². The van der Waals surface area contributed by atoms with Crippen molar-refractivity contribution in [2.75, 3.05) is 19.8 Å². The van der Waals surface area contributed by atoms with Crippen LogP contribution in [0.15, 0.2) is 30.3 Å². The zero-order valence-corrected chi connectivity index (χ0v) is 12.3. The van der Waals surface area contributed by atoms with E-state index in [1.807, 2.05) is 30.3 Å². The first-order valence-corrected chi connectivity index (χ1v) is 7.09. The van der Waals surface area contributed by atoms with E-state index in [0.29, 0.717) is 19.1 Å². The third-order valence-corrected chi connectivity index (χ3v) is 3.16.